The number of ether oxygens (including phenoxy) is 1. The number of nitrogens with zero attached hydrogens (tertiary/aromatic N) is 2. The molecular weight excluding hydrogens is 314 g/mol. The lowest BCUT2D eigenvalue weighted by molar-refractivity contribution is -0.384. The van der Waals surface area contributed by atoms with Crippen LogP contribution in [0.4, 0.5) is 5.69 Å². The molecular formula is C16H13N3O5. The normalized spacial score (nSPS) is 10.4. The van der Waals surface area contributed by atoms with E-state index in [2.05, 4.69) is 10.5 Å². The van der Waals surface area contributed by atoms with Crippen molar-refractivity contribution in [1.82, 2.24) is 5.43 Å². The van der Waals surface area contributed by atoms with Crippen molar-refractivity contribution in [1.29, 1.82) is 0 Å². The topological polar surface area (TPSA) is 111 Å². The van der Waals surface area contributed by atoms with Crippen molar-refractivity contribution in [3.63, 3.8) is 0 Å². The first kappa shape index (κ1) is 16.8. The Hall–Kier alpha value is -3.55. The Labute approximate surface area is 136 Å². The molecule has 0 bridgehead atoms. The molecule has 0 aliphatic heterocycles. The Kier molecular flexibility index (Phi) is 5.35. The Morgan fingerprint density at radius 1 is 1.12 bits per heavy atom. The number of carbonyl (C=O) groups is 2. The predicted octanol–water partition coefficient (Wildman–Crippen LogP) is 2.28. The van der Waals surface area contributed by atoms with Crippen molar-refractivity contribution in [3.8, 4) is 5.75 Å². The number of esters is 1. The number of nitro benzene ring substituents is 1. The fourth-order valence-electron chi connectivity index (χ4n) is 1.75. The highest BCUT2D eigenvalue weighted by Gasteiger charge is 2.08. The number of nitrogens with one attached hydrogen (secondary N) is 1. The zero-order valence-corrected chi connectivity index (χ0v) is 12.6. The van der Waals surface area contributed by atoms with Gasteiger partial charge < -0.3 is 4.74 Å². The SMILES string of the molecule is CC(=O)Oc1ccc(/C=N/NC(=O)c2ccc([N+](=O)[O-])cc2)cc1. The molecule has 2 rings (SSSR count). The van der Waals surface area contributed by atoms with E-state index in [1.54, 1.807) is 24.3 Å². The van der Waals surface area contributed by atoms with Crippen molar-refractivity contribution >= 4 is 23.8 Å². The maximum Gasteiger partial charge on any atom is 0.308 e. The van der Waals surface area contributed by atoms with Gasteiger partial charge in [0.05, 0.1) is 11.1 Å². The largest absolute Gasteiger partial charge is 0.427 e. The van der Waals surface area contributed by atoms with Crippen LogP contribution in [0, 0.1) is 10.1 Å². The van der Waals surface area contributed by atoms with Crippen molar-refractivity contribution < 1.29 is 19.2 Å². The summed E-state index contributed by atoms with van der Waals surface area (Å²) >= 11 is 0. The lowest BCUT2D eigenvalue weighted by Crippen LogP contribution is -2.17. The zero-order valence-electron chi connectivity index (χ0n) is 12.6. The second-order valence-electron chi connectivity index (χ2n) is 4.67. The summed E-state index contributed by atoms with van der Waals surface area (Å²) < 4.78 is 4.90. The molecule has 0 heterocycles. The van der Waals surface area contributed by atoms with E-state index in [4.69, 9.17) is 4.74 Å². The van der Waals surface area contributed by atoms with Crippen LogP contribution < -0.4 is 10.2 Å². The van der Waals surface area contributed by atoms with Gasteiger partial charge in [0.1, 0.15) is 5.75 Å². The molecule has 1 N–H and O–H groups in total. The van der Waals surface area contributed by atoms with Gasteiger partial charge in [0.25, 0.3) is 11.6 Å². The lowest BCUT2D eigenvalue weighted by Gasteiger charge is -2.01. The molecule has 2 aromatic rings. The minimum absolute atomic E-state index is 0.0945. The maximum atomic E-state index is 11.8. The van der Waals surface area contributed by atoms with Crippen molar-refractivity contribution in [2.75, 3.05) is 0 Å². The van der Waals surface area contributed by atoms with E-state index in [1.807, 2.05) is 0 Å². The van der Waals surface area contributed by atoms with Gasteiger partial charge in [-0.25, -0.2) is 5.43 Å². The van der Waals surface area contributed by atoms with Crippen LogP contribution >= 0.6 is 0 Å². The molecule has 2 aromatic carbocycles. The number of hydrogen-bond acceptors (Lipinski definition) is 6. The Morgan fingerprint density at radius 3 is 2.29 bits per heavy atom. The summed E-state index contributed by atoms with van der Waals surface area (Å²) in [7, 11) is 0. The van der Waals surface area contributed by atoms with E-state index in [9.17, 15) is 19.7 Å². The number of hydrazone groups is 1. The third kappa shape index (κ3) is 4.73. The summed E-state index contributed by atoms with van der Waals surface area (Å²) in [5, 5.41) is 14.3. The highest BCUT2D eigenvalue weighted by Crippen LogP contribution is 2.12. The second kappa shape index (κ2) is 7.63. The molecule has 0 fully saturated rings. The fourth-order valence-corrected chi connectivity index (χ4v) is 1.75. The lowest BCUT2D eigenvalue weighted by atomic mass is 10.2. The van der Waals surface area contributed by atoms with Crippen LogP contribution in [-0.2, 0) is 4.79 Å². The van der Waals surface area contributed by atoms with Crippen LogP contribution in [0.5, 0.6) is 5.75 Å². The number of hydrogen-bond donors (Lipinski definition) is 1. The molecule has 122 valence electrons. The van der Waals surface area contributed by atoms with Gasteiger partial charge in [-0.3, -0.25) is 19.7 Å². The molecule has 0 unspecified atom stereocenters. The summed E-state index contributed by atoms with van der Waals surface area (Å²) in [6, 6.07) is 11.7. The standard InChI is InChI=1S/C16H13N3O5/c1-11(20)24-15-8-2-12(3-9-15)10-17-18-16(21)13-4-6-14(7-5-13)19(22)23/h2-10H,1H3,(H,18,21)/b17-10+. The van der Waals surface area contributed by atoms with Crippen LogP contribution in [0.1, 0.15) is 22.8 Å². The minimum Gasteiger partial charge on any atom is -0.427 e. The van der Waals surface area contributed by atoms with Gasteiger partial charge in [-0.05, 0) is 42.0 Å². The molecule has 24 heavy (non-hydrogen) atoms. The molecule has 0 aliphatic rings. The van der Waals surface area contributed by atoms with E-state index < -0.39 is 16.8 Å². The number of benzene rings is 2. The van der Waals surface area contributed by atoms with Gasteiger partial charge in [-0.1, -0.05) is 0 Å². The number of nitro groups is 1. The minimum atomic E-state index is -0.542. The van der Waals surface area contributed by atoms with Gasteiger partial charge in [0.15, 0.2) is 0 Å². The average molecular weight is 327 g/mol. The van der Waals surface area contributed by atoms with Gasteiger partial charge in [0.2, 0.25) is 0 Å². The van der Waals surface area contributed by atoms with E-state index in [-0.39, 0.29) is 11.3 Å². The summed E-state index contributed by atoms with van der Waals surface area (Å²) in [5.74, 6) is -0.487. The van der Waals surface area contributed by atoms with E-state index in [0.717, 1.165) is 0 Å². The van der Waals surface area contributed by atoms with Gasteiger partial charge in [0, 0.05) is 24.6 Å². The van der Waals surface area contributed by atoms with Crippen molar-refractivity contribution in [2.45, 2.75) is 6.92 Å². The third-order valence-corrected chi connectivity index (χ3v) is 2.86. The molecule has 0 aromatic heterocycles. The first-order chi connectivity index (χ1) is 11.5. The number of rotatable bonds is 5. The predicted molar refractivity (Wildman–Crippen MR) is 85.9 cm³/mol. The van der Waals surface area contributed by atoms with Gasteiger partial charge in [-0.15, -0.1) is 0 Å². The van der Waals surface area contributed by atoms with Crippen LogP contribution in [0.25, 0.3) is 0 Å². The molecule has 8 nitrogen and oxygen atoms in total. The average Bonchev–Trinajstić information content (AvgIpc) is 2.56. The third-order valence-electron chi connectivity index (χ3n) is 2.86. The van der Waals surface area contributed by atoms with Crippen LogP contribution in [0.3, 0.4) is 0 Å². The van der Waals surface area contributed by atoms with Crippen LogP contribution in [0.2, 0.25) is 0 Å². The summed E-state index contributed by atoms with van der Waals surface area (Å²) in [4.78, 5) is 32.6. The summed E-state index contributed by atoms with van der Waals surface area (Å²) in [5.41, 5.74) is 3.17. The molecule has 0 aliphatic carbocycles. The molecule has 0 saturated heterocycles. The van der Waals surface area contributed by atoms with Crippen LogP contribution in [0.15, 0.2) is 53.6 Å². The first-order valence-electron chi connectivity index (χ1n) is 6.82. The van der Waals surface area contributed by atoms with Crippen LogP contribution in [-0.4, -0.2) is 23.0 Å². The Morgan fingerprint density at radius 2 is 1.75 bits per heavy atom. The molecule has 1 amide bonds. The Bertz CT molecular complexity index is 782. The molecule has 0 spiro atoms. The summed E-state index contributed by atoms with van der Waals surface area (Å²) in [6.07, 6.45) is 1.42. The Balaban J connectivity index is 1.94. The quantitative estimate of drug-likeness (QED) is 0.298. The van der Waals surface area contributed by atoms with Gasteiger partial charge >= 0.3 is 5.97 Å². The van der Waals surface area contributed by atoms with E-state index >= 15 is 0 Å². The second-order valence-corrected chi connectivity index (χ2v) is 4.67. The molecule has 0 saturated carbocycles. The number of carbonyl (C=O) groups excluding carboxylic acids is 2. The number of amides is 1. The fraction of sp³-hybridized carbons (Fsp3) is 0.0625. The molecule has 0 atom stereocenters. The highest BCUT2D eigenvalue weighted by atomic mass is 16.6. The monoisotopic (exact) mass is 327 g/mol. The first-order valence-corrected chi connectivity index (χ1v) is 6.82. The highest BCUT2D eigenvalue weighted by molar-refractivity contribution is 5.95. The maximum absolute atomic E-state index is 11.8. The summed E-state index contributed by atoms with van der Waals surface area (Å²) in [6.45, 7) is 1.31. The zero-order chi connectivity index (χ0) is 17.5. The molecule has 0 radical (unpaired) electrons. The van der Waals surface area contributed by atoms with Crippen molar-refractivity contribution in [2.24, 2.45) is 5.10 Å². The number of non-ortho nitro benzene ring substituents is 1. The van der Waals surface area contributed by atoms with Crippen molar-refractivity contribution in [3.05, 3.63) is 69.8 Å². The van der Waals surface area contributed by atoms with E-state index in [1.165, 1.54) is 37.4 Å². The van der Waals surface area contributed by atoms with Gasteiger partial charge in [-0.2, -0.15) is 5.10 Å². The molecule has 8 heteroatoms. The smallest absolute Gasteiger partial charge is 0.308 e. The van der Waals surface area contributed by atoms with E-state index in [0.29, 0.717) is 11.3 Å².